The van der Waals surface area contributed by atoms with Crippen molar-refractivity contribution in [3.63, 3.8) is 0 Å². The fraction of sp³-hybridized carbons (Fsp3) is 0.727. The lowest BCUT2D eigenvalue weighted by Crippen LogP contribution is -2.24. The zero-order valence-electron chi connectivity index (χ0n) is 8.42. The molecule has 1 saturated carbocycles. The summed E-state index contributed by atoms with van der Waals surface area (Å²) in [4.78, 5) is 7.90. The number of nitrogens with one attached hydrogen (secondary N) is 2. The SMILES string of the molecule is c1nc(CC2CCCN2)[nH]c1C1CC1. The Hall–Kier alpha value is -0.830. The zero-order valence-corrected chi connectivity index (χ0v) is 8.42. The molecule has 14 heavy (non-hydrogen) atoms. The Morgan fingerprint density at radius 3 is 3.00 bits per heavy atom. The molecule has 0 aromatic carbocycles. The van der Waals surface area contributed by atoms with Crippen molar-refractivity contribution in [3.05, 3.63) is 17.7 Å². The molecular weight excluding hydrogens is 174 g/mol. The summed E-state index contributed by atoms with van der Waals surface area (Å²) in [6.07, 6.45) is 8.43. The van der Waals surface area contributed by atoms with Crippen LogP contribution >= 0.6 is 0 Å². The van der Waals surface area contributed by atoms with Crippen molar-refractivity contribution < 1.29 is 0 Å². The van der Waals surface area contributed by atoms with Crippen LogP contribution in [-0.4, -0.2) is 22.6 Å². The van der Waals surface area contributed by atoms with Crippen LogP contribution in [-0.2, 0) is 6.42 Å². The van der Waals surface area contributed by atoms with Gasteiger partial charge in [0.25, 0.3) is 0 Å². The molecule has 0 bridgehead atoms. The summed E-state index contributed by atoms with van der Waals surface area (Å²) in [7, 11) is 0. The summed E-state index contributed by atoms with van der Waals surface area (Å²) in [5, 5.41) is 3.50. The van der Waals surface area contributed by atoms with Gasteiger partial charge < -0.3 is 10.3 Å². The number of hydrogen-bond acceptors (Lipinski definition) is 2. The number of rotatable bonds is 3. The molecule has 1 aromatic rings. The summed E-state index contributed by atoms with van der Waals surface area (Å²) in [6, 6.07) is 0.660. The van der Waals surface area contributed by atoms with Crippen molar-refractivity contribution >= 4 is 0 Å². The highest BCUT2D eigenvalue weighted by Gasteiger charge is 2.25. The molecule has 1 aliphatic heterocycles. The van der Waals surface area contributed by atoms with Crippen LogP contribution in [0.3, 0.4) is 0 Å². The quantitative estimate of drug-likeness (QED) is 0.761. The summed E-state index contributed by atoms with van der Waals surface area (Å²) in [6.45, 7) is 1.18. The van der Waals surface area contributed by atoms with E-state index in [1.807, 2.05) is 6.20 Å². The van der Waals surface area contributed by atoms with Gasteiger partial charge in [-0.05, 0) is 32.2 Å². The van der Waals surface area contributed by atoms with Crippen LogP contribution in [0.1, 0.15) is 43.1 Å². The van der Waals surface area contributed by atoms with Gasteiger partial charge in [-0.15, -0.1) is 0 Å². The average molecular weight is 191 g/mol. The van der Waals surface area contributed by atoms with Crippen LogP contribution in [0.25, 0.3) is 0 Å². The number of aromatic nitrogens is 2. The molecule has 2 heterocycles. The largest absolute Gasteiger partial charge is 0.346 e. The van der Waals surface area contributed by atoms with Crippen LogP contribution in [0.5, 0.6) is 0 Å². The van der Waals surface area contributed by atoms with E-state index in [1.54, 1.807) is 0 Å². The van der Waals surface area contributed by atoms with E-state index in [0.29, 0.717) is 6.04 Å². The van der Waals surface area contributed by atoms with E-state index in [4.69, 9.17) is 0 Å². The van der Waals surface area contributed by atoms with Gasteiger partial charge in [-0.1, -0.05) is 0 Å². The molecule has 1 unspecified atom stereocenters. The maximum Gasteiger partial charge on any atom is 0.107 e. The predicted molar refractivity (Wildman–Crippen MR) is 55.3 cm³/mol. The molecule has 0 radical (unpaired) electrons. The van der Waals surface area contributed by atoms with Crippen molar-refractivity contribution in [2.75, 3.05) is 6.54 Å². The fourth-order valence-electron chi connectivity index (χ4n) is 2.25. The maximum absolute atomic E-state index is 4.45. The minimum atomic E-state index is 0.660. The first-order valence-corrected chi connectivity index (χ1v) is 5.69. The zero-order chi connectivity index (χ0) is 9.38. The highest BCUT2D eigenvalue weighted by Crippen LogP contribution is 2.38. The second kappa shape index (κ2) is 3.39. The third-order valence-electron chi connectivity index (χ3n) is 3.27. The van der Waals surface area contributed by atoms with Crippen molar-refractivity contribution in [1.29, 1.82) is 0 Å². The Kier molecular flexibility index (Phi) is 2.05. The van der Waals surface area contributed by atoms with Crippen LogP contribution in [0.4, 0.5) is 0 Å². The van der Waals surface area contributed by atoms with Gasteiger partial charge in [0, 0.05) is 30.3 Å². The molecule has 76 valence electrons. The first-order chi connectivity index (χ1) is 6.92. The first-order valence-electron chi connectivity index (χ1n) is 5.69. The third-order valence-corrected chi connectivity index (χ3v) is 3.27. The minimum absolute atomic E-state index is 0.660. The average Bonchev–Trinajstić information content (AvgIpc) is 2.75. The monoisotopic (exact) mass is 191 g/mol. The lowest BCUT2D eigenvalue weighted by atomic mass is 10.1. The summed E-state index contributed by atoms with van der Waals surface area (Å²) in [5.41, 5.74) is 1.36. The number of imidazole rings is 1. The Bertz CT molecular complexity index is 308. The molecule has 1 atom stereocenters. The topological polar surface area (TPSA) is 40.7 Å². The van der Waals surface area contributed by atoms with Gasteiger partial charge in [-0.3, -0.25) is 0 Å². The number of H-pyrrole nitrogens is 1. The molecule has 0 amide bonds. The maximum atomic E-state index is 4.45. The van der Waals surface area contributed by atoms with E-state index in [1.165, 1.54) is 43.7 Å². The van der Waals surface area contributed by atoms with Crippen LogP contribution < -0.4 is 5.32 Å². The Morgan fingerprint density at radius 1 is 1.36 bits per heavy atom. The fourth-order valence-corrected chi connectivity index (χ4v) is 2.25. The molecule has 3 rings (SSSR count). The van der Waals surface area contributed by atoms with Crippen LogP contribution in [0, 0.1) is 0 Å². The van der Waals surface area contributed by atoms with Gasteiger partial charge >= 0.3 is 0 Å². The summed E-state index contributed by atoms with van der Waals surface area (Å²) in [5.74, 6) is 1.97. The highest BCUT2D eigenvalue weighted by atomic mass is 15.0. The summed E-state index contributed by atoms with van der Waals surface area (Å²) < 4.78 is 0. The van der Waals surface area contributed by atoms with E-state index in [-0.39, 0.29) is 0 Å². The lowest BCUT2D eigenvalue weighted by molar-refractivity contribution is 0.588. The van der Waals surface area contributed by atoms with E-state index < -0.39 is 0 Å². The van der Waals surface area contributed by atoms with E-state index >= 15 is 0 Å². The summed E-state index contributed by atoms with van der Waals surface area (Å²) >= 11 is 0. The number of aromatic amines is 1. The number of hydrogen-bond donors (Lipinski definition) is 2. The molecule has 2 N–H and O–H groups in total. The Balaban J connectivity index is 1.64. The Labute approximate surface area is 84.3 Å². The van der Waals surface area contributed by atoms with Gasteiger partial charge in [0.05, 0.1) is 0 Å². The standard InChI is InChI=1S/C11H17N3/c1-2-9(12-5-1)6-11-13-7-10(14-11)8-3-4-8/h7-9,12H,1-6H2,(H,13,14). The van der Waals surface area contributed by atoms with E-state index in [9.17, 15) is 0 Å². The molecule has 1 aromatic heterocycles. The smallest absolute Gasteiger partial charge is 0.107 e. The van der Waals surface area contributed by atoms with Gasteiger partial charge in [0.15, 0.2) is 0 Å². The van der Waals surface area contributed by atoms with Crippen molar-refractivity contribution in [2.24, 2.45) is 0 Å². The normalized spacial score (nSPS) is 27.0. The third kappa shape index (κ3) is 1.69. The highest BCUT2D eigenvalue weighted by molar-refractivity contribution is 5.13. The van der Waals surface area contributed by atoms with Crippen molar-refractivity contribution in [2.45, 2.75) is 44.1 Å². The van der Waals surface area contributed by atoms with E-state index in [2.05, 4.69) is 15.3 Å². The first kappa shape index (κ1) is 8.48. The van der Waals surface area contributed by atoms with Crippen molar-refractivity contribution in [3.8, 4) is 0 Å². The second-order valence-electron chi connectivity index (χ2n) is 4.56. The van der Waals surface area contributed by atoms with Gasteiger partial charge in [-0.25, -0.2) is 4.98 Å². The number of nitrogens with zero attached hydrogens (tertiary/aromatic N) is 1. The molecule has 0 spiro atoms. The lowest BCUT2D eigenvalue weighted by Gasteiger charge is -2.06. The molecule has 3 heteroatoms. The van der Waals surface area contributed by atoms with Gasteiger partial charge in [-0.2, -0.15) is 0 Å². The molecule has 1 saturated heterocycles. The Morgan fingerprint density at radius 2 is 2.29 bits per heavy atom. The molecule has 3 nitrogen and oxygen atoms in total. The molecular formula is C11H17N3. The molecule has 2 fully saturated rings. The van der Waals surface area contributed by atoms with Crippen LogP contribution in [0.2, 0.25) is 0 Å². The molecule has 1 aliphatic carbocycles. The minimum Gasteiger partial charge on any atom is -0.346 e. The molecule has 2 aliphatic rings. The van der Waals surface area contributed by atoms with Crippen molar-refractivity contribution in [1.82, 2.24) is 15.3 Å². The second-order valence-corrected chi connectivity index (χ2v) is 4.56. The van der Waals surface area contributed by atoms with E-state index in [0.717, 1.165) is 12.3 Å². The predicted octanol–water partition coefficient (Wildman–Crippen LogP) is 1.58. The van der Waals surface area contributed by atoms with Gasteiger partial charge in [0.1, 0.15) is 5.82 Å². The van der Waals surface area contributed by atoms with Gasteiger partial charge in [0.2, 0.25) is 0 Å². The van der Waals surface area contributed by atoms with Crippen LogP contribution in [0.15, 0.2) is 6.20 Å².